The molecule has 0 atom stereocenters. The highest BCUT2D eigenvalue weighted by Gasteiger charge is 2.14. The number of benzene rings is 2. The Morgan fingerprint density at radius 3 is 2.45 bits per heavy atom. The van der Waals surface area contributed by atoms with Gasteiger partial charge in [-0.15, -0.1) is 0 Å². The number of methoxy groups -OCH3 is 1. The second-order valence-corrected chi connectivity index (χ2v) is 4.66. The van der Waals surface area contributed by atoms with Crippen LogP contribution in [-0.4, -0.2) is 19.0 Å². The summed E-state index contributed by atoms with van der Waals surface area (Å²) in [5, 5.41) is 2.66. The minimum Gasteiger partial charge on any atom is -0.488 e. The Kier molecular flexibility index (Phi) is 5.14. The van der Waals surface area contributed by atoms with Crippen LogP contribution in [0.25, 0.3) is 0 Å². The summed E-state index contributed by atoms with van der Waals surface area (Å²) < 4.78 is 10.5. The van der Waals surface area contributed by atoms with Crippen molar-refractivity contribution in [2.45, 2.75) is 13.5 Å². The molecule has 1 N–H and O–H groups in total. The molecule has 0 aromatic heterocycles. The standard InChI is InChI=1S/C17H17NO4/c1-12(19)18-14-8-9-15(17(20)21-2)16(10-14)22-11-13-6-4-3-5-7-13/h3-10H,11H2,1-2H3,(H,18,19). The molecular weight excluding hydrogens is 282 g/mol. The van der Waals surface area contributed by atoms with E-state index in [2.05, 4.69) is 5.32 Å². The van der Waals surface area contributed by atoms with Crippen LogP contribution in [0.4, 0.5) is 5.69 Å². The van der Waals surface area contributed by atoms with Gasteiger partial charge in [0.25, 0.3) is 0 Å². The molecule has 0 aliphatic rings. The maximum Gasteiger partial charge on any atom is 0.341 e. The van der Waals surface area contributed by atoms with Crippen LogP contribution < -0.4 is 10.1 Å². The highest BCUT2D eigenvalue weighted by atomic mass is 16.5. The quantitative estimate of drug-likeness (QED) is 0.862. The molecule has 0 aliphatic carbocycles. The van der Waals surface area contributed by atoms with Crippen molar-refractivity contribution in [2.24, 2.45) is 0 Å². The largest absolute Gasteiger partial charge is 0.488 e. The van der Waals surface area contributed by atoms with Gasteiger partial charge in [0, 0.05) is 18.7 Å². The van der Waals surface area contributed by atoms with Crippen LogP contribution in [0, 0.1) is 0 Å². The van der Waals surface area contributed by atoms with E-state index in [1.807, 2.05) is 30.3 Å². The molecule has 5 nitrogen and oxygen atoms in total. The summed E-state index contributed by atoms with van der Waals surface area (Å²) in [4.78, 5) is 22.9. The van der Waals surface area contributed by atoms with Crippen molar-refractivity contribution in [3.05, 3.63) is 59.7 Å². The summed E-state index contributed by atoms with van der Waals surface area (Å²) in [6.07, 6.45) is 0. The molecule has 0 saturated carbocycles. The molecule has 2 rings (SSSR count). The van der Waals surface area contributed by atoms with Crippen molar-refractivity contribution in [3.8, 4) is 5.75 Å². The Hall–Kier alpha value is -2.82. The first-order valence-electron chi connectivity index (χ1n) is 6.77. The maximum atomic E-state index is 11.8. The average Bonchev–Trinajstić information content (AvgIpc) is 2.53. The van der Waals surface area contributed by atoms with Gasteiger partial charge in [-0.3, -0.25) is 4.79 Å². The Morgan fingerprint density at radius 2 is 1.82 bits per heavy atom. The van der Waals surface area contributed by atoms with Gasteiger partial charge in [-0.2, -0.15) is 0 Å². The van der Waals surface area contributed by atoms with Gasteiger partial charge in [0.05, 0.1) is 7.11 Å². The van der Waals surface area contributed by atoms with Gasteiger partial charge in [0.15, 0.2) is 0 Å². The molecule has 5 heteroatoms. The number of nitrogens with one attached hydrogen (secondary N) is 1. The molecular formula is C17H17NO4. The van der Waals surface area contributed by atoms with Crippen LogP contribution in [0.2, 0.25) is 0 Å². The first-order valence-corrected chi connectivity index (χ1v) is 6.77. The van der Waals surface area contributed by atoms with Crippen molar-refractivity contribution in [1.29, 1.82) is 0 Å². The zero-order chi connectivity index (χ0) is 15.9. The van der Waals surface area contributed by atoms with E-state index >= 15 is 0 Å². The SMILES string of the molecule is COC(=O)c1ccc(NC(C)=O)cc1OCc1ccccc1. The summed E-state index contributed by atoms with van der Waals surface area (Å²) in [7, 11) is 1.31. The van der Waals surface area contributed by atoms with E-state index < -0.39 is 5.97 Å². The molecule has 0 heterocycles. The normalized spacial score (nSPS) is 9.91. The number of hydrogen-bond acceptors (Lipinski definition) is 4. The molecule has 0 fully saturated rings. The number of carbonyl (C=O) groups is 2. The van der Waals surface area contributed by atoms with E-state index in [9.17, 15) is 9.59 Å². The fourth-order valence-corrected chi connectivity index (χ4v) is 1.94. The van der Waals surface area contributed by atoms with Crippen LogP contribution in [0.1, 0.15) is 22.8 Å². The topological polar surface area (TPSA) is 64.6 Å². The van der Waals surface area contributed by atoms with E-state index in [-0.39, 0.29) is 5.91 Å². The molecule has 2 aromatic carbocycles. The number of esters is 1. The number of rotatable bonds is 5. The number of amides is 1. The minimum absolute atomic E-state index is 0.195. The van der Waals surface area contributed by atoms with Gasteiger partial charge in [-0.05, 0) is 17.7 Å². The summed E-state index contributed by atoms with van der Waals surface area (Å²) >= 11 is 0. The predicted octanol–water partition coefficient (Wildman–Crippen LogP) is 3.01. The monoisotopic (exact) mass is 299 g/mol. The van der Waals surface area contributed by atoms with Gasteiger partial charge in [-0.1, -0.05) is 30.3 Å². The van der Waals surface area contributed by atoms with Crippen LogP contribution in [0.5, 0.6) is 5.75 Å². The van der Waals surface area contributed by atoms with Crippen molar-refractivity contribution in [3.63, 3.8) is 0 Å². The lowest BCUT2D eigenvalue weighted by Crippen LogP contribution is -2.09. The van der Waals surface area contributed by atoms with Crippen LogP contribution in [0.3, 0.4) is 0 Å². The third-order valence-corrected chi connectivity index (χ3v) is 2.94. The third kappa shape index (κ3) is 4.09. The molecule has 114 valence electrons. The summed E-state index contributed by atoms with van der Waals surface area (Å²) in [6.45, 7) is 1.73. The third-order valence-electron chi connectivity index (χ3n) is 2.94. The van der Waals surface area contributed by atoms with Gasteiger partial charge >= 0.3 is 5.97 Å². The smallest absolute Gasteiger partial charge is 0.341 e. The van der Waals surface area contributed by atoms with Crippen molar-refractivity contribution in [2.75, 3.05) is 12.4 Å². The van der Waals surface area contributed by atoms with Crippen LogP contribution in [0.15, 0.2) is 48.5 Å². The van der Waals surface area contributed by atoms with Crippen molar-refractivity contribution in [1.82, 2.24) is 0 Å². The molecule has 0 spiro atoms. The summed E-state index contributed by atoms with van der Waals surface area (Å²) in [5.41, 5.74) is 1.85. The van der Waals surface area contributed by atoms with E-state index in [1.165, 1.54) is 14.0 Å². The fraction of sp³-hybridized carbons (Fsp3) is 0.176. The number of ether oxygens (including phenoxy) is 2. The molecule has 0 aliphatic heterocycles. The Morgan fingerprint density at radius 1 is 1.09 bits per heavy atom. The lowest BCUT2D eigenvalue weighted by Gasteiger charge is -2.12. The van der Waals surface area contributed by atoms with E-state index in [0.29, 0.717) is 23.6 Å². The van der Waals surface area contributed by atoms with E-state index in [0.717, 1.165) is 5.56 Å². The van der Waals surface area contributed by atoms with Crippen molar-refractivity contribution >= 4 is 17.6 Å². The molecule has 2 aromatic rings. The number of hydrogen-bond donors (Lipinski definition) is 1. The van der Waals surface area contributed by atoms with Gasteiger partial charge in [-0.25, -0.2) is 4.79 Å². The van der Waals surface area contributed by atoms with Gasteiger partial charge < -0.3 is 14.8 Å². The number of carbonyl (C=O) groups excluding carboxylic acids is 2. The lowest BCUT2D eigenvalue weighted by molar-refractivity contribution is -0.114. The van der Waals surface area contributed by atoms with E-state index in [1.54, 1.807) is 18.2 Å². The second-order valence-electron chi connectivity index (χ2n) is 4.66. The molecule has 0 radical (unpaired) electrons. The average molecular weight is 299 g/mol. The molecule has 1 amide bonds. The molecule has 0 saturated heterocycles. The van der Waals surface area contributed by atoms with Gasteiger partial charge in [0.1, 0.15) is 17.9 Å². The molecule has 22 heavy (non-hydrogen) atoms. The van der Waals surface area contributed by atoms with E-state index in [4.69, 9.17) is 9.47 Å². The predicted molar refractivity (Wildman–Crippen MR) is 82.9 cm³/mol. The lowest BCUT2D eigenvalue weighted by atomic mass is 10.1. The highest BCUT2D eigenvalue weighted by molar-refractivity contribution is 5.94. The zero-order valence-corrected chi connectivity index (χ0v) is 12.5. The fourth-order valence-electron chi connectivity index (χ4n) is 1.94. The second kappa shape index (κ2) is 7.26. The summed E-state index contributed by atoms with van der Waals surface area (Å²) in [6, 6.07) is 14.4. The Balaban J connectivity index is 2.24. The maximum absolute atomic E-state index is 11.8. The zero-order valence-electron chi connectivity index (χ0n) is 12.5. The Labute approximate surface area is 128 Å². The van der Waals surface area contributed by atoms with Crippen LogP contribution in [-0.2, 0) is 16.1 Å². The first-order chi connectivity index (χ1) is 10.6. The first kappa shape index (κ1) is 15.6. The number of anilines is 1. The minimum atomic E-state index is -0.488. The van der Waals surface area contributed by atoms with Gasteiger partial charge in [0.2, 0.25) is 5.91 Å². The molecule has 0 bridgehead atoms. The highest BCUT2D eigenvalue weighted by Crippen LogP contribution is 2.25. The van der Waals surface area contributed by atoms with Crippen molar-refractivity contribution < 1.29 is 19.1 Å². The Bertz CT molecular complexity index is 668. The summed E-state index contributed by atoms with van der Waals surface area (Å²) in [5.74, 6) is -0.320. The molecule has 0 unspecified atom stereocenters. The van der Waals surface area contributed by atoms with Crippen LogP contribution >= 0.6 is 0 Å².